The molecule has 1 aliphatic rings. The lowest BCUT2D eigenvalue weighted by Crippen LogP contribution is -2.37. The van der Waals surface area contributed by atoms with E-state index >= 15 is 0 Å². The van der Waals surface area contributed by atoms with E-state index in [0.29, 0.717) is 54.9 Å². The van der Waals surface area contributed by atoms with Gasteiger partial charge in [-0.15, -0.1) is 0 Å². The molecule has 0 bridgehead atoms. The van der Waals surface area contributed by atoms with Gasteiger partial charge in [0.15, 0.2) is 17.4 Å². The van der Waals surface area contributed by atoms with Crippen LogP contribution in [-0.4, -0.2) is 59.4 Å². The van der Waals surface area contributed by atoms with Crippen LogP contribution in [0.5, 0.6) is 5.75 Å². The Labute approximate surface area is 208 Å². The molecule has 36 heavy (non-hydrogen) atoms. The van der Waals surface area contributed by atoms with Crippen LogP contribution in [0.2, 0.25) is 0 Å². The number of carbonyl (C=O) groups excluding carboxylic acids is 1. The van der Waals surface area contributed by atoms with Crippen molar-refractivity contribution in [2.75, 3.05) is 48.9 Å². The Kier molecular flexibility index (Phi) is 6.95. The molecule has 0 aliphatic carbocycles. The number of benzene rings is 1. The average molecular weight is 484 g/mol. The summed E-state index contributed by atoms with van der Waals surface area (Å²) < 4.78 is 11.3. The van der Waals surface area contributed by atoms with Crippen LogP contribution >= 0.6 is 0 Å². The number of ether oxygens (including phenoxy) is 2. The summed E-state index contributed by atoms with van der Waals surface area (Å²) in [5, 5.41) is 5.60. The molecule has 10 heteroatoms. The van der Waals surface area contributed by atoms with Crippen molar-refractivity contribution in [1.29, 1.82) is 0 Å². The van der Waals surface area contributed by atoms with E-state index in [0.717, 1.165) is 16.9 Å². The zero-order valence-corrected chi connectivity index (χ0v) is 19.7. The molecular weight excluding hydrogens is 458 g/mol. The maximum atomic E-state index is 12.3. The number of nitrogens with zero attached hydrogens (tertiary/aromatic N) is 5. The van der Waals surface area contributed by atoms with E-state index in [9.17, 15) is 4.79 Å². The first-order valence-electron chi connectivity index (χ1n) is 11.5. The highest BCUT2D eigenvalue weighted by molar-refractivity contribution is 5.99. The van der Waals surface area contributed by atoms with E-state index in [1.54, 1.807) is 44.0 Å². The zero-order chi connectivity index (χ0) is 24.7. The molecule has 2 amide bonds. The first kappa shape index (κ1) is 23.2. The maximum Gasteiger partial charge on any atom is 0.323 e. The van der Waals surface area contributed by atoms with E-state index in [4.69, 9.17) is 19.4 Å². The van der Waals surface area contributed by atoms with Crippen molar-refractivity contribution in [2.45, 2.75) is 0 Å². The minimum atomic E-state index is -0.343. The van der Waals surface area contributed by atoms with Crippen molar-refractivity contribution in [3.63, 3.8) is 0 Å². The van der Waals surface area contributed by atoms with Gasteiger partial charge < -0.3 is 25.0 Å². The summed E-state index contributed by atoms with van der Waals surface area (Å²) in [4.78, 5) is 32.3. The Hall–Kier alpha value is -4.57. The normalized spacial score (nSPS) is 13.2. The Bertz CT molecular complexity index is 1310. The molecule has 182 valence electrons. The van der Waals surface area contributed by atoms with Gasteiger partial charge in [-0.1, -0.05) is 0 Å². The standard InChI is InChI=1S/C26H25N7O3/c1-35-23-22(18-6-10-27-11-7-18)31-24(32-25(23)33-14-16-36-17-15-33)19-2-4-20(5-3-19)29-26(34)30-21-8-12-28-13-9-21/h2-13H,14-17H2,1H3,(H2,28,29,30,34). The second kappa shape index (κ2) is 10.8. The average Bonchev–Trinajstić information content (AvgIpc) is 2.94. The molecule has 1 aromatic carbocycles. The molecule has 0 spiro atoms. The topological polar surface area (TPSA) is 114 Å². The predicted molar refractivity (Wildman–Crippen MR) is 137 cm³/mol. The number of amides is 2. The summed E-state index contributed by atoms with van der Waals surface area (Å²) in [5.41, 5.74) is 3.67. The van der Waals surface area contributed by atoms with Crippen molar-refractivity contribution < 1.29 is 14.3 Å². The third-order valence-electron chi connectivity index (χ3n) is 5.66. The molecule has 1 aliphatic heterocycles. The van der Waals surface area contributed by atoms with Gasteiger partial charge in [-0.05, 0) is 48.5 Å². The molecule has 4 aromatic rings. The molecule has 1 fully saturated rings. The third kappa shape index (κ3) is 5.23. The number of hydrogen-bond donors (Lipinski definition) is 2. The molecule has 0 atom stereocenters. The van der Waals surface area contributed by atoms with Crippen LogP contribution in [0.3, 0.4) is 0 Å². The van der Waals surface area contributed by atoms with Crippen LogP contribution in [-0.2, 0) is 4.74 Å². The highest BCUT2D eigenvalue weighted by Gasteiger charge is 2.23. The molecule has 1 saturated heterocycles. The minimum Gasteiger partial charge on any atom is -0.491 e. The first-order valence-corrected chi connectivity index (χ1v) is 11.5. The van der Waals surface area contributed by atoms with Crippen LogP contribution in [0, 0.1) is 0 Å². The van der Waals surface area contributed by atoms with Crippen molar-refractivity contribution in [3.8, 4) is 28.4 Å². The SMILES string of the molecule is COc1c(-c2ccncc2)nc(-c2ccc(NC(=O)Nc3ccncc3)cc2)nc1N1CCOCC1. The molecule has 0 saturated carbocycles. The number of carbonyl (C=O) groups is 1. The summed E-state index contributed by atoms with van der Waals surface area (Å²) in [5.74, 6) is 1.88. The third-order valence-corrected chi connectivity index (χ3v) is 5.66. The van der Waals surface area contributed by atoms with Gasteiger partial charge in [0.2, 0.25) is 0 Å². The Morgan fingerprint density at radius 2 is 1.44 bits per heavy atom. The summed E-state index contributed by atoms with van der Waals surface area (Å²) >= 11 is 0. The van der Waals surface area contributed by atoms with Crippen molar-refractivity contribution in [3.05, 3.63) is 73.3 Å². The van der Waals surface area contributed by atoms with E-state index in [1.807, 2.05) is 36.4 Å². The Morgan fingerprint density at radius 3 is 2.08 bits per heavy atom. The van der Waals surface area contributed by atoms with E-state index in [1.165, 1.54) is 0 Å². The van der Waals surface area contributed by atoms with Crippen LogP contribution in [0.4, 0.5) is 22.0 Å². The predicted octanol–water partition coefficient (Wildman–Crippen LogP) is 4.09. The van der Waals surface area contributed by atoms with Crippen LogP contribution in [0.15, 0.2) is 73.3 Å². The minimum absolute atomic E-state index is 0.343. The summed E-state index contributed by atoms with van der Waals surface area (Å²) in [6.45, 7) is 2.65. The van der Waals surface area contributed by atoms with Crippen molar-refractivity contribution in [1.82, 2.24) is 19.9 Å². The van der Waals surface area contributed by atoms with Gasteiger partial charge >= 0.3 is 6.03 Å². The fourth-order valence-corrected chi connectivity index (χ4v) is 3.88. The smallest absolute Gasteiger partial charge is 0.323 e. The van der Waals surface area contributed by atoms with E-state index in [2.05, 4.69) is 25.5 Å². The summed E-state index contributed by atoms with van der Waals surface area (Å²) in [6, 6.07) is 14.3. The number of urea groups is 1. The molecule has 5 rings (SSSR count). The number of hydrogen-bond acceptors (Lipinski definition) is 8. The van der Waals surface area contributed by atoms with E-state index in [-0.39, 0.29) is 6.03 Å². The monoisotopic (exact) mass is 483 g/mol. The molecular formula is C26H25N7O3. The van der Waals surface area contributed by atoms with Crippen molar-refractivity contribution >= 4 is 23.2 Å². The molecule has 3 aromatic heterocycles. The molecule has 0 radical (unpaired) electrons. The molecule has 0 unspecified atom stereocenters. The molecule has 4 heterocycles. The fraction of sp³-hybridized carbons (Fsp3) is 0.192. The van der Waals surface area contributed by atoms with Gasteiger partial charge in [-0.25, -0.2) is 14.8 Å². The summed E-state index contributed by atoms with van der Waals surface area (Å²) in [6.07, 6.45) is 6.68. The second-order valence-corrected chi connectivity index (χ2v) is 7.98. The van der Waals surface area contributed by atoms with Crippen LogP contribution < -0.4 is 20.3 Å². The van der Waals surface area contributed by atoms with Gasteiger partial charge in [0.05, 0.1) is 20.3 Å². The first-order chi connectivity index (χ1) is 17.7. The highest BCUT2D eigenvalue weighted by Crippen LogP contribution is 2.38. The van der Waals surface area contributed by atoms with Gasteiger partial charge in [-0.3, -0.25) is 9.97 Å². The van der Waals surface area contributed by atoms with Gasteiger partial charge in [0.25, 0.3) is 0 Å². The number of pyridine rings is 2. The number of anilines is 3. The summed E-state index contributed by atoms with van der Waals surface area (Å²) in [7, 11) is 1.63. The lowest BCUT2D eigenvalue weighted by Gasteiger charge is -2.29. The largest absolute Gasteiger partial charge is 0.491 e. The van der Waals surface area contributed by atoms with Crippen LogP contribution in [0.25, 0.3) is 22.6 Å². The lowest BCUT2D eigenvalue weighted by molar-refractivity contribution is 0.122. The number of morpholine rings is 1. The maximum absolute atomic E-state index is 12.3. The fourth-order valence-electron chi connectivity index (χ4n) is 3.88. The Balaban J connectivity index is 1.45. The van der Waals surface area contributed by atoms with Gasteiger partial charge in [-0.2, -0.15) is 0 Å². The molecule has 2 N–H and O–H groups in total. The number of methoxy groups -OCH3 is 1. The number of aromatic nitrogens is 4. The quantitative estimate of drug-likeness (QED) is 0.422. The van der Waals surface area contributed by atoms with Crippen LogP contribution in [0.1, 0.15) is 0 Å². The number of rotatable bonds is 6. The Morgan fingerprint density at radius 1 is 0.833 bits per heavy atom. The lowest BCUT2D eigenvalue weighted by atomic mass is 10.1. The van der Waals surface area contributed by atoms with Gasteiger partial charge in [0.1, 0.15) is 5.69 Å². The second-order valence-electron chi connectivity index (χ2n) is 7.98. The number of nitrogens with one attached hydrogen (secondary N) is 2. The molecule has 10 nitrogen and oxygen atoms in total. The van der Waals surface area contributed by atoms with E-state index < -0.39 is 0 Å². The van der Waals surface area contributed by atoms with Crippen molar-refractivity contribution in [2.24, 2.45) is 0 Å². The highest BCUT2D eigenvalue weighted by atomic mass is 16.5. The van der Waals surface area contributed by atoms with Gasteiger partial charge in [0, 0.05) is 60.4 Å². The zero-order valence-electron chi connectivity index (χ0n) is 19.7.